The van der Waals surface area contributed by atoms with Gasteiger partial charge in [0.25, 0.3) is 0 Å². The molecule has 1 atom stereocenters. The molecule has 0 bridgehead atoms. The Hall–Kier alpha value is -2.70. The van der Waals surface area contributed by atoms with E-state index in [0.29, 0.717) is 11.4 Å². The molecule has 0 saturated carbocycles. The third kappa shape index (κ3) is 6.69. The summed E-state index contributed by atoms with van der Waals surface area (Å²) >= 11 is 0. The van der Waals surface area contributed by atoms with Crippen LogP contribution in [0.15, 0.2) is 35.0 Å². The van der Waals surface area contributed by atoms with Gasteiger partial charge in [-0.1, -0.05) is 40.6 Å². The Labute approximate surface area is 171 Å². The Morgan fingerprint density at radius 1 is 0.931 bits per heavy atom. The van der Waals surface area contributed by atoms with Crippen molar-refractivity contribution in [3.05, 3.63) is 47.3 Å². The molecule has 1 aromatic carbocycles. The number of esters is 2. The van der Waals surface area contributed by atoms with Crippen molar-refractivity contribution in [3.8, 4) is 0 Å². The average Bonchev–Trinajstić information content (AvgIpc) is 2.96. The lowest BCUT2D eigenvalue weighted by atomic mass is 9.82. The Balaban J connectivity index is 2.51. The first-order valence-corrected chi connectivity index (χ1v) is 9.66. The number of aryl methyl sites for hydroxylation is 1. The molecule has 0 aliphatic carbocycles. The third-order valence-corrected chi connectivity index (χ3v) is 4.11. The Morgan fingerprint density at radius 2 is 1.45 bits per heavy atom. The molecule has 0 aliphatic rings. The first kappa shape index (κ1) is 22.6. The van der Waals surface area contributed by atoms with E-state index in [4.69, 9.17) is 14.1 Å². The molecule has 1 unspecified atom stereocenters. The van der Waals surface area contributed by atoms with E-state index in [2.05, 4.69) is 10.3 Å². The highest BCUT2D eigenvalue weighted by molar-refractivity contribution is 5.96. The van der Waals surface area contributed by atoms with Crippen molar-refractivity contribution in [1.29, 1.82) is 0 Å². The lowest BCUT2D eigenvalue weighted by Gasteiger charge is -2.30. The molecule has 0 N–H and O–H groups in total. The highest BCUT2D eigenvalue weighted by atomic mass is 16.6. The normalized spacial score (nSPS) is 13.2. The molecule has 158 valence electrons. The van der Waals surface area contributed by atoms with E-state index in [0.717, 1.165) is 5.56 Å². The van der Waals surface area contributed by atoms with Crippen molar-refractivity contribution in [2.24, 2.45) is 5.92 Å². The Bertz CT molecular complexity index is 803. The van der Waals surface area contributed by atoms with Gasteiger partial charge in [-0.2, -0.15) is 0 Å². The summed E-state index contributed by atoms with van der Waals surface area (Å²) in [6, 6.07) is 9.33. The number of hydrogen-bond acceptors (Lipinski definition) is 7. The van der Waals surface area contributed by atoms with Crippen molar-refractivity contribution in [1.82, 2.24) is 10.3 Å². The fourth-order valence-electron chi connectivity index (χ4n) is 2.93. The van der Waals surface area contributed by atoms with Gasteiger partial charge < -0.3 is 9.47 Å². The fraction of sp³-hybridized carbons (Fsp3) is 0.545. The molecule has 0 amide bonds. The third-order valence-electron chi connectivity index (χ3n) is 4.11. The largest absolute Gasteiger partial charge is 0.459 e. The lowest BCUT2D eigenvalue weighted by Crippen LogP contribution is -2.40. The number of hydrogen-bond donors (Lipinski definition) is 0. The molecule has 0 radical (unpaired) electrons. The van der Waals surface area contributed by atoms with Gasteiger partial charge in [-0.15, -0.1) is 0 Å². The molecule has 0 spiro atoms. The Morgan fingerprint density at radius 3 is 1.86 bits per heavy atom. The van der Waals surface area contributed by atoms with E-state index in [1.807, 2.05) is 30.3 Å². The molecule has 7 nitrogen and oxygen atoms in total. The van der Waals surface area contributed by atoms with Crippen LogP contribution in [-0.4, -0.2) is 33.5 Å². The van der Waals surface area contributed by atoms with Crippen LogP contribution in [0.4, 0.5) is 0 Å². The summed E-state index contributed by atoms with van der Waals surface area (Å²) < 4.78 is 16.0. The van der Waals surface area contributed by atoms with Gasteiger partial charge in [0.05, 0.1) is 0 Å². The van der Waals surface area contributed by atoms with Crippen LogP contribution >= 0.6 is 0 Å². The molecular weight excluding hydrogens is 372 g/mol. The van der Waals surface area contributed by atoms with Gasteiger partial charge in [0.15, 0.2) is 5.92 Å². The maximum Gasteiger partial charge on any atom is 0.321 e. The van der Waals surface area contributed by atoms with Crippen LogP contribution in [0.5, 0.6) is 0 Å². The number of rotatable bonds is 6. The molecule has 1 aromatic heterocycles. The predicted molar refractivity (Wildman–Crippen MR) is 107 cm³/mol. The van der Waals surface area contributed by atoms with Crippen molar-refractivity contribution in [2.45, 2.75) is 72.0 Å². The topological polar surface area (TPSA) is 91.5 Å². The molecule has 0 fully saturated rings. The minimum absolute atomic E-state index is 0.280. The SMILES string of the molecule is Cc1nonc1CC(c1ccccc1)C(C(=O)OC(C)(C)C)C(=O)OC(C)(C)C. The number of benzene rings is 1. The molecule has 29 heavy (non-hydrogen) atoms. The van der Waals surface area contributed by atoms with Crippen LogP contribution in [0.1, 0.15) is 64.4 Å². The number of nitrogens with zero attached hydrogens (tertiary/aromatic N) is 2. The van der Waals surface area contributed by atoms with Gasteiger partial charge >= 0.3 is 11.9 Å². The second kappa shape index (κ2) is 8.76. The molecule has 2 rings (SSSR count). The van der Waals surface area contributed by atoms with E-state index >= 15 is 0 Å². The van der Waals surface area contributed by atoms with E-state index in [1.54, 1.807) is 48.5 Å². The minimum Gasteiger partial charge on any atom is -0.459 e. The fourth-order valence-corrected chi connectivity index (χ4v) is 2.93. The maximum atomic E-state index is 13.1. The summed E-state index contributed by atoms with van der Waals surface area (Å²) in [5, 5.41) is 7.75. The van der Waals surface area contributed by atoms with Gasteiger partial charge in [0.2, 0.25) is 0 Å². The summed E-state index contributed by atoms with van der Waals surface area (Å²) in [6.07, 6.45) is 0.280. The second-order valence-corrected chi connectivity index (χ2v) is 9.06. The molecule has 7 heteroatoms. The number of ether oxygens (including phenoxy) is 2. The van der Waals surface area contributed by atoms with Gasteiger partial charge in [0.1, 0.15) is 22.6 Å². The number of carbonyl (C=O) groups is 2. The summed E-state index contributed by atoms with van der Waals surface area (Å²) in [5.74, 6) is -2.97. The summed E-state index contributed by atoms with van der Waals surface area (Å²) in [5.41, 5.74) is 0.499. The monoisotopic (exact) mass is 402 g/mol. The second-order valence-electron chi connectivity index (χ2n) is 9.06. The van der Waals surface area contributed by atoms with Crippen molar-refractivity contribution < 1.29 is 23.7 Å². The van der Waals surface area contributed by atoms with Gasteiger partial charge in [-0.25, -0.2) is 4.63 Å². The standard InChI is InChI=1S/C22H30N2O5/c1-14-17(24-29-23-14)13-16(15-11-9-8-10-12-15)18(19(25)27-21(2,3)4)20(26)28-22(5,6)7/h8-12,16,18H,13H2,1-7H3. The molecular formula is C22H30N2O5. The first-order chi connectivity index (χ1) is 13.4. The van der Waals surface area contributed by atoms with E-state index in [1.165, 1.54) is 0 Å². The molecule has 0 aliphatic heterocycles. The van der Waals surface area contributed by atoms with Crippen molar-refractivity contribution in [3.63, 3.8) is 0 Å². The average molecular weight is 402 g/mol. The zero-order chi connectivity index (χ0) is 21.8. The number of carbonyl (C=O) groups excluding carboxylic acids is 2. The quantitative estimate of drug-likeness (QED) is 0.532. The summed E-state index contributed by atoms with van der Waals surface area (Å²) in [7, 11) is 0. The Kier molecular flexibility index (Phi) is 6.82. The minimum atomic E-state index is -1.16. The summed E-state index contributed by atoms with van der Waals surface area (Å²) in [6.45, 7) is 12.4. The van der Waals surface area contributed by atoms with Crippen LogP contribution in [-0.2, 0) is 25.5 Å². The lowest BCUT2D eigenvalue weighted by molar-refractivity contribution is -0.175. The van der Waals surface area contributed by atoms with Crippen LogP contribution in [0.25, 0.3) is 0 Å². The highest BCUT2D eigenvalue weighted by Gasteiger charge is 2.42. The number of aromatic nitrogens is 2. The smallest absolute Gasteiger partial charge is 0.321 e. The predicted octanol–water partition coefficient (Wildman–Crippen LogP) is 4.00. The van der Waals surface area contributed by atoms with E-state index in [-0.39, 0.29) is 6.42 Å². The zero-order valence-electron chi connectivity index (χ0n) is 18.2. The van der Waals surface area contributed by atoms with Gasteiger partial charge in [-0.3, -0.25) is 9.59 Å². The van der Waals surface area contributed by atoms with Crippen LogP contribution < -0.4 is 0 Å². The summed E-state index contributed by atoms with van der Waals surface area (Å²) in [4.78, 5) is 26.3. The van der Waals surface area contributed by atoms with E-state index in [9.17, 15) is 9.59 Å². The molecule has 2 aromatic rings. The van der Waals surface area contributed by atoms with Crippen LogP contribution in [0, 0.1) is 12.8 Å². The van der Waals surface area contributed by atoms with E-state index < -0.39 is 35.0 Å². The molecule has 0 saturated heterocycles. The highest BCUT2D eigenvalue weighted by Crippen LogP contribution is 2.33. The van der Waals surface area contributed by atoms with Crippen LogP contribution in [0.3, 0.4) is 0 Å². The van der Waals surface area contributed by atoms with Gasteiger partial charge in [-0.05, 0) is 54.0 Å². The molecule has 1 heterocycles. The maximum absolute atomic E-state index is 13.1. The van der Waals surface area contributed by atoms with Gasteiger partial charge in [0, 0.05) is 12.3 Å². The first-order valence-electron chi connectivity index (χ1n) is 9.66. The zero-order valence-corrected chi connectivity index (χ0v) is 18.2. The van der Waals surface area contributed by atoms with Crippen LogP contribution in [0.2, 0.25) is 0 Å². The van der Waals surface area contributed by atoms with Crippen molar-refractivity contribution >= 4 is 11.9 Å². The van der Waals surface area contributed by atoms with Crippen molar-refractivity contribution in [2.75, 3.05) is 0 Å².